The van der Waals surface area contributed by atoms with Gasteiger partial charge < -0.3 is 14.6 Å². The number of carbonyl (C=O) groups is 1. The van der Waals surface area contributed by atoms with Crippen LogP contribution in [0, 0.1) is 0 Å². The second-order valence-electron chi connectivity index (χ2n) is 5.30. The first-order valence-electron chi connectivity index (χ1n) is 7.34. The van der Waals surface area contributed by atoms with Gasteiger partial charge in [-0.05, 0) is 37.1 Å². The topological polar surface area (TPSA) is 55.8 Å². The Morgan fingerprint density at radius 3 is 2.13 bits per heavy atom. The zero-order valence-electron chi connectivity index (χ0n) is 13.2. The highest BCUT2D eigenvalue weighted by Crippen LogP contribution is 2.23. The summed E-state index contributed by atoms with van der Waals surface area (Å²) in [6.07, 6.45) is -2.05. The van der Waals surface area contributed by atoms with Crippen LogP contribution in [0.3, 0.4) is 0 Å². The van der Waals surface area contributed by atoms with Gasteiger partial charge in [-0.1, -0.05) is 49.0 Å². The highest BCUT2D eigenvalue weighted by Gasteiger charge is 2.22. The fraction of sp³-hybridized carbons (Fsp3) is 0.211. The number of carbonyl (C=O) groups excluding carboxylic acids is 1. The summed E-state index contributed by atoms with van der Waals surface area (Å²) in [6, 6.07) is 17.3. The number of hydrogen-bond donors (Lipinski definition) is 1. The molecule has 4 nitrogen and oxygen atoms in total. The van der Waals surface area contributed by atoms with Gasteiger partial charge in [0.25, 0.3) is 6.29 Å². The normalized spacial score (nSPS) is 13.0. The number of rotatable bonds is 6. The molecular weight excluding hydrogens is 292 g/mol. The average Bonchev–Trinajstić information content (AvgIpc) is 2.55. The molecule has 0 aliphatic carbocycles. The van der Waals surface area contributed by atoms with Gasteiger partial charge in [0.05, 0.1) is 0 Å². The van der Waals surface area contributed by atoms with Gasteiger partial charge in [0.1, 0.15) is 11.9 Å². The van der Waals surface area contributed by atoms with E-state index < -0.39 is 18.4 Å². The summed E-state index contributed by atoms with van der Waals surface area (Å²) < 4.78 is 10.6. The Balaban J connectivity index is 2.09. The Morgan fingerprint density at radius 2 is 1.61 bits per heavy atom. The minimum absolute atomic E-state index is 0.249. The molecule has 0 radical (unpaired) electrons. The summed E-state index contributed by atoms with van der Waals surface area (Å²) in [5.41, 5.74) is 2.39. The third-order valence-electron chi connectivity index (χ3n) is 3.18. The Kier molecular flexibility index (Phi) is 5.55. The van der Waals surface area contributed by atoms with Crippen molar-refractivity contribution in [2.45, 2.75) is 26.2 Å². The van der Waals surface area contributed by atoms with E-state index in [1.165, 1.54) is 13.8 Å². The summed E-state index contributed by atoms with van der Waals surface area (Å²) in [7, 11) is 0. The second kappa shape index (κ2) is 7.61. The maximum absolute atomic E-state index is 11.6. The monoisotopic (exact) mass is 312 g/mol. The lowest BCUT2D eigenvalue weighted by atomic mass is 10.1. The SMILES string of the molecule is C=C(C)C(=O)OC(Oc1ccc(-c2ccccc2)cc1)C(C)O. The van der Waals surface area contributed by atoms with Gasteiger partial charge in [0, 0.05) is 5.57 Å². The quantitative estimate of drug-likeness (QED) is 0.503. The van der Waals surface area contributed by atoms with Gasteiger partial charge in [-0.2, -0.15) is 0 Å². The van der Waals surface area contributed by atoms with Crippen LogP contribution in [0.25, 0.3) is 11.1 Å². The number of hydrogen-bond acceptors (Lipinski definition) is 4. The summed E-state index contributed by atoms with van der Waals surface area (Å²) >= 11 is 0. The minimum atomic E-state index is -1.08. The molecule has 0 fully saturated rings. The molecule has 2 aromatic rings. The zero-order valence-corrected chi connectivity index (χ0v) is 13.2. The molecule has 2 unspecified atom stereocenters. The number of aliphatic hydroxyl groups is 1. The molecule has 0 heterocycles. The first-order chi connectivity index (χ1) is 11.0. The van der Waals surface area contributed by atoms with Crippen molar-refractivity contribution in [1.82, 2.24) is 0 Å². The van der Waals surface area contributed by atoms with Crippen LogP contribution in [0.2, 0.25) is 0 Å². The average molecular weight is 312 g/mol. The lowest BCUT2D eigenvalue weighted by molar-refractivity contribution is -0.173. The van der Waals surface area contributed by atoms with E-state index in [2.05, 4.69) is 6.58 Å². The number of aliphatic hydroxyl groups excluding tert-OH is 1. The molecule has 0 saturated heterocycles. The van der Waals surface area contributed by atoms with Crippen LogP contribution >= 0.6 is 0 Å². The predicted molar refractivity (Wildman–Crippen MR) is 88.9 cm³/mol. The molecule has 0 aliphatic rings. The molecule has 23 heavy (non-hydrogen) atoms. The number of esters is 1. The van der Waals surface area contributed by atoms with Gasteiger partial charge >= 0.3 is 5.97 Å². The largest absolute Gasteiger partial charge is 0.452 e. The molecule has 0 aromatic heterocycles. The lowest BCUT2D eigenvalue weighted by Gasteiger charge is -2.21. The van der Waals surface area contributed by atoms with Crippen molar-refractivity contribution in [2.75, 3.05) is 0 Å². The van der Waals surface area contributed by atoms with Crippen LogP contribution in [0.15, 0.2) is 66.7 Å². The van der Waals surface area contributed by atoms with Gasteiger partial charge in [-0.25, -0.2) is 4.79 Å². The first kappa shape index (κ1) is 16.8. The van der Waals surface area contributed by atoms with Crippen molar-refractivity contribution in [1.29, 1.82) is 0 Å². The molecule has 2 atom stereocenters. The van der Waals surface area contributed by atoms with Crippen LogP contribution in [0.4, 0.5) is 0 Å². The summed E-state index contributed by atoms with van der Waals surface area (Å²) in [5.74, 6) is -0.0955. The van der Waals surface area contributed by atoms with Crippen molar-refractivity contribution < 1.29 is 19.4 Å². The van der Waals surface area contributed by atoms with E-state index in [1.54, 1.807) is 12.1 Å². The Morgan fingerprint density at radius 1 is 1.04 bits per heavy atom. The molecule has 0 spiro atoms. The van der Waals surface area contributed by atoms with E-state index in [4.69, 9.17) is 9.47 Å². The van der Waals surface area contributed by atoms with E-state index in [0.717, 1.165) is 11.1 Å². The Bertz CT molecular complexity index is 660. The van der Waals surface area contributed by atoms with Gasteiger partial charge in [0.15, 0.2) is 0 Å². The molecular formula is C19H20O4. The third kappa shape index (κ3) is 4.69. The molecule has 120 valence electrons. The molecule has 0 bridgehead atoms. The predicted octanol–water partition coefficient (Wildman–Crippen LogP) is 3.56. The van der Waals surface area contributed by atoms with E-state index >= 15 is 0 Å². The molecule has 1 N–H and O–H groups in total. The van der Waals surface area contributed by atoms with Crippen LogP contribution in [0.5, 0.6) is 5.75 Å². The van der Waals surface area contributed by atoms with Gasteiger partial charge in [-0.3, -0.25) is 0 Å². The smallest absolute Gasteiger partial charge is 0.336 e. The fourth-order valence-corrected chi connectivity index (χ4v) is 1.92. The number of ether oxygens (including phenoxy) is 2. The van der Waals surface area contributed by atoms with Gasteiger partial charge in [0.2, 0.25) is 0 Å². The summed E-state index contributed by atoms with van der Waals surface area (Å²) in [6.45, 7) is 6.54. The lowest BCUT2D eigenvalue weighted by Crippen LogP contribution is -2.34. The Labute approximate surface area is 136 Å². The van der Waals surface area contributed by atoms with E-state index in [9.17, 15) is 9.90 Å². The van der Waals surface area contributed by atoms with E-state index in [1.807, 2.05) is 42.5 Å². The van der Waals surface area contributed by atoms with Crippen molar-refractivity contribution in [3.63, 3.8) is 0 Å². The number of benzene rings is 2. The molecule has 2 aromatic carbocycles. The molecule has 2 rings (SSSR count). The molecule has 0 amide bonds. The highest BCUT2D eigenvalue weighted by atomic mass is 16.7. The molecule has 0 aliphatic heterocycles. The van der Waals surface area contributed by atoms with E-state index in [-0.39, 0.29) is 5.57 Å². The van der Waals surface area contributed by atoms with Gasteiger partial charge in [-0.15, -0.1) is 0 Å². The maximum atomic E-state index is 11.6. The summed E-state index contributed by atoms with van der Waals surface area (Å²) in [5, 5.41) is 9.70. The van der Waals surface area contributed by atoms with Crippen LogP contribution in [-0.2, 0) is 9.53 Å². The first-order valence-corrected chi connectivity index (χ1v) is 7.34. The van der Waals surface area contributed by atoms with Crippen LogP contribution in [0.1, 0.15) is 13.8 Å². The zero-order chi connectivity index (χ0) is 16.8. The maximum Gasteiger partial charge on any atom is 0.336 e. The van der Waals surface area contributed by atoms with Crippen molar-refractivity contribution in [3.05, 3.63) is 66.7 Å². The fourth-order valence-electron chi connectivity index (χ4n) is 1.92. The standard InChI is InChI=1S/C19H20O4/c1-13(2)18(21)23-19(14(3)20)22-17-11-9-16(10-12-17)15-7-5-4-6-8-15/h4-12,14,19-20H,1H2,2-3H3. The van der Waals surface area contributed by atoms with Crippen molar-refractivity contribution >= 4 is 5.97 Å². The summed E-state index contributed by atoms with van der Waals surface area (Å²) in [4.78, 5) is 11.6. The van der Waals surface area contributed by atoms with E-state index in [0.29, 0.717) is 5.75 Å². The van der Waals surface area contributed by atoms with Crippen molar-refractivity contribution in [2.24, 2.45) is 0 Å². The van der Waals surface area contributed by atoms with Crippen LogP contribution < -0.4 is 4.74 Å². The highest BCUT2D eigenvalue weighted by molar-refractivity contribution is 5.87. The van der Waals surface area contributed by atoms with Crippen LogP contribution in [-0.4, -0.2) is 23.5 Å². The molecule has 4 heteroatoms. The second-order valence-corrected chi connectivity index (χ2v) is 5.30. The molecule has 0 saturated carbocycles. The Hall–Kier alpha value is -2.59. The minimum Gasteiger partial charge on any atom is -0.452 e. The van der Waals surface area contributed by atoms with Crippen molar-refractivity contribution in [3.8, 4) is 16.9 Å². The third-order valence-corrected chi connectivity index (χ3v) is 3.18.